The van der Waals surface area contributed by atoms with E-state index in [-0.39, 0.29) is 18.7 Å². The summed E-state index contributed by atoms with van der Waals surface area (Å²) in [5, 5.41) is 19.3. The minimum absolute atomic E-state index is 0.0521. The quantitative estimate of drug-likeness (QED) is 0.846. The molecule has 1 atom stereocenters. The van der Waals surface area contributed by atoms with Crippen LogP contribution in [-0.2, 0) is 19.5 Å². The fourth-order valence-corrected chi connectivity index (χ4v) is 2.90. The second-order valence-corrected chi connectivity index (χ2v) is 5.81. The van der Waals surface area contributed by atoms with E-state index in [0.29, 0.717) is 30.8 Å². The van der Waals surface area contributed by atoms with Crippen LogP contribution < -0.4 is 16.0 Å². The molecule has 25 heavy (non-hydrogen) atoms. The van der Waals surface area contributed by atoms with Gasteiger partial charge in [-0.05, 0) is 37.1 Å². The number of fused-ring (bicyclic) bond motifs is 1. The minimum atomic E-state index is -1.14. The van der Waals surface area contributed by atoms with Gasteiger partial charge in [-0.15, -0.1) is 0 Å². The molecule has 0 unspecified atom stereocenters. The highest BCUT2D eigenvalue weighted by molar-refractivity contribution is 5.32. The van der Waals surface area contributed by atoms with Crippen LogP contribution in [0.25, 0.3) is 0 Å². The van der Waals surface area contributed by atoms with Crippen molar-refractivity contribution in [3.63, 3.8) is 0 Å². The first kappa shape index (κ1) is 16.9. The van der Waals surface area contributed by atoms with E-state index in [1.165, 1.54) is 28.8 Å². The molecule has 1 aliphatic rings. The molecule has 8 heteroatoms. The van der Waals surface area contributed by atoms with E-state index < -0.39 is 23.2 Å². The van der Waals surface area contributed by atoms with Crippen LogP contribution in [0.2, 0.25) is 0 Å². The molecule has 0 fully saturated rings. The Morgan fingerprint density at radius 2 is 2.04 bits per heavy atom. The van der Waals surface area contributed by atoms with Crippen LogP contribution in [0.5, 0.6) is 5.75 Å². The van der Waals surface area contributed by atoms with Gasteiger partial charge in [0.05, 0.1) is 6.54 Å². The minimum Gasteiger partial charge on any atom is -0.491 e. The van der Waals surface area contributed by atoms with E-state index in [0.717, 1.165) is 4.57 Å². The summed E-state index contributed by atoms with van der Waals surface area (Å²) < 4.78 is 20.4. The standard InChI is InChI=1S/C17H16FN3O4/c18-11-3-5-13(6-4-11)25-10-12(22)9-21-16(23)14(8-19)15-2-1-7-20(15)17(21)24/h3-6,12,22H,1-2,7,9-10H2/t12-/m0/s1. The molecule has 0 radical (unpaired) electrons. The topological polar surface area (TPSA) is 97.2 Å². The number of rotatable bonds is 5. The maximum Gasteiger partial charge on any atom is 0.331 e. The molecule has 1 aromatic carbocycles. The first-order valence-electron chi connectivity index (χ1n) is 7.84. The van der Waals surface area contributed by atoms with Gasteiger partial charge in [0.15, 0.2) is 0 Å². The first-order valence-corrected chi connectivity index (χ1v) is 7.84. The van der Waals surface area contributed by atoms with E-state index in [1.54, 1.807) is 0 Å². The Morgan fingerprint density at radius 1 is 1.32 bits per heavy atom. The molecular weight excluding hydrogens is 329 g/mol. The van der Waals surface area contributed by atoms with Crippen molar-refractivity contribution in [2.24, 2.45) is 0 Å². The fraction of sp³-hybridized carbons (Fsp3) is 0.353. The molecule has 0 bridgehead atoms. The summed E-state index contributed by atoms with van der Waals surface area (Å²) >= 11 is 0. The largest absolute Gasteiger partial charge is 0.491 e. The lowest BCUT2D eigenvalue weighted by molar-refractivity contribution is 0.0899. The van der Waals surface area contributed by atoms with E-state index in [4.69, 9.17) is 4.74 Å². The summed E-state index contributed by atoms with van der Waals surface area (Å²) in [4.78, 5) is 24.8. The monoisotopic (exact) mass is 345 g/mol. The lowest BCUT2D eigenvalue weighted by atomic mass is 10.2. The number of nitriles is 1. The number of benzene rings is 1. The molecule has 0 spiro atoms. The maximum absolute atomic E-state index is 12.8. The van der Waals surface area contributed by atoms with Crippen molar-refractivity contribution >= 4 is 0 Å². The molecule has 1 N–H and O–H groups in total. The number of aliphatic hydroxyl groups excluding tert-OH is 1. The molecule has 1 aliphatic heterocycles. The highest BCUT2D eigenvalue weighted by Crippen LogP contribution is 2.14. The predicted octanol–water partition coefficient (Wildman–Crippen LogP) is 0.407. The summed E-state index contributed by atoms with van der Waals surface area (Å²) in [6, 6.07) is 7.12. The average molecular weight is 345 g/mol. The highest BCUT2D eigenvalue weighted by atomic mass is 19.1. The Labute approximate surface area is 142 Å². The average Bonchev–Trinajstić information content (AvgIpc) is 3.08. The number of halogens is 1. The number of aliphatic hydroxyl groups is 1. The van der Waals surface area contributed by atoms with Crippen molar-refractivity contribution in [2.45, 2.75) is 32.0 Å². The molecule has 2 heterocycles. The van der Waals surface area contributed by atoms with Gasteiger partial charge in [-0.1, -0.05) is 0 Å². The first-order chi connectivity index (χ1) is 12.0. The Hall–Kier alpha value is -2.92. The van der Waals surface area contributed by atoms with Gasteiger partial charge >= 0.3 is 5.69 Å². The SMILES string of the molecule is N#Cc1c2n(c(=O)n(C[C@H](O)COc3ccc(F)cc3)c1=O)CCC2. The zero-order chi connectivity index (χ0) is 18.0. The van der Waals surface area contributed by atoms with Crippen molar-refractivity contribution in [2.75, 3.05) is 6.61 Å². The zero-order valence-electron chi connectivity index (χ0n) is 13.3. The van der Waals surface area contributed by atoms with Crippen LogP contribution in [0, 0.1) is 17.1 Å². The maximum atomic E-state index is 12.8. The second kappa shape index (κ2) is 6.91. The fourth-order valence-electron chi connectivity index (χ4n) is 2.90. The summed E-state index contributed by atoms with van der Waals surface area (Å²) in [7, 11) is 0. The van der Waals surface area contributed by atoms with Gasteiger partial charge in [0.1, 0.15) is 35.9 Å². The molecule has 130 valence electrons. The van der Waals surface area contributed by atoms with Crippen molar-refractivity contribution in [1.29, 1.82) is 5.26 Å². The van der Waals surface area contributed by atoms with Crippen LogP contribution in [0.1, 0.15) is 17.7 Å². The van der Waals surface area contributed by atoms with Gasteiger partial charge in [0.25, 0.3) is 5.56 Å². The van der Waals surface area contributed by atoms with Crippen LogP contribution in [-0.4, -0.2) is 27.0 Å². The molecular formula is C17H16FN3O4. The van der Waals surface area contributed by atoms with Crippen LogP contribution >= 0.6 is 0 Å². The molecule has 0 amide bonds. The number of hydrogen-bond donors (Lipinski definition) is 1. The molecule has 0 aliphatic carbocycles. The summed E-state index contributed by atoms with van der Waals surface area (Å²) in [6.07, 6.45) is 0.0793. The van der Waals surface area contributed by atoms with Gasteiger partial charge in [-0.2, -0.15) is 5.26 Å². The Morgan fingerprint density at radius 3 is 2.72 bits per heavy atom. The smallest absolute Gasteiger partial charge is 0.331 e. The van der Waals surface area contributed by atoms with Gasteiger partial charge in [0.2, 0.25) is 0 Å². The van der Waals surface area contributed by atoms with Crippen molar-refractivity contribution < 1.29 is 14.2 Å². The Kier molecular flexibility index (Phi) is 4.67. The molecule has 3 rings (SSSR count). The third kappa shape index (κ3) is 3.32. The van der Waals surface area contributed by atoms with E-state index >= 15 is 0 Å². The van der Waals surface area contributed by atoms with Gasteiger partial charge in [0, 0.05) is 12.2 Å². The third-order valence-electron chi connectivity index (χ3n) is 4.09. The Balaban J connectivity index is 1.79. The second-order valence-electron chi connectivity index (χ2n) is 5.81. The van der Waals surface area contributed by atoms with E-state index in [9.17, 15) is 24.3 Å². The lowest BCUT2D eigenvalue weighted by Gasteiger charge is -2.15. The zero-order valence-corrected chi connectivity index (χ0v) is 13.3. The van der Waals surface area contributed by atoms with Gasteiger partial charge in [-0.25, -0.2) is 9.18 Å². The molecule has 2 aromatic rings. The third-order valence-corrected chi connectivity index (χ3v) is 4.09. The van der Waals surface area contributed by atoms with Crippen LogP contribution in [0.15, 0.2) is 33.9 Å². The summed E-state index contributed by atoms with van der Waals surface area (Å²) in [5.41, 5.74) is -0.812. The van der Waals surface area contributed by atoms with Crippen molar-refractivity contribution in [1.82, 2.24) is 9.13 Å². The number of ether oxygens (including phenoxy) is 1. The van der Waals surface area contributed by atoms with Crippen LogP contribution in [0.4, 0.5) is 4.39 Å². The number of hydrogen-bond acceptors (Lipinski definition) is 5. The Bertz CT molecular complexity index is 941. The van der Waals surface area contributed by atoms with Crippen molar-refractivity contribution in [3.8, 4) is 11.8 Å². The van der Waals surface area contributed by atoms with E-state index in [2.05, 4.69) is 0 Å². The van der Waals surface area contributed by atoms with Gasteiger partial charge < -0.3 is 9.84 Å². The van der Waals surface area contributed by atoms with E-state index in [1.807, 2.05) is 6.07 Å². The summed E-state index contributed by atoms with van der Waals surface area (Å²) in [6.45, 7) is -0.0136. The number of aromatic nitrogens is 2. The molecule has 7 nitrogen and oxygen atoms in total. The highest BCUT2D eigenvalue weighted by Gasteiger charge is 2.23. The normalized spacial score (nSPS) is 14.0. The van der Waals surface area contributed by atoms with Crippen molar-refractivity contribution in [3.05, 3.63) is 62.2 Å². The lowest BCUT2D eigenvalue weighted by Crippen LogP contribution is -2.44. The molecule has 1 aromatic heterocycles. The van der Waals surface area contributed by atoms with Gasteiger partial charge in [-0.3, -0.25) is 13.9 Å². The van der Waals surface area contributed by atoms with Crippen LogP contribution in [0.3, 0.4) is 0 Å². The summed E-state index contributed by atoms with van der Waals surface area (Å²) in [5.74, 6) is -0.0502. The molecule has 0 saturated heterocycles. The molecule has 0 saturated carbocycles. The number of nitrogens with zero attached hydrogens (tertiary/aromatic N) is 3. The predicted molar refractivity (Wildman–Crippen MR) is 85.9 cm³/mol.